The van der Waals surface area contributed by atoms with Gasteiger partial charge in [0.2, 0.25) is 5.91 Å². The molecule has 1 aliphatic rings. The van der Waals surface area contributed by atoms with E-state index in [1.54, 1.807) is 0 Å². The van der Waals surface area contributed by atoms with Crippen molar-refractivity contribution in [2.24, 2.45) is 0 Å². The van der Waals surface area contributed by atoms with Crippen LogP contribution in [0.25, 0.3) is 0 Å². The minimum atomic E-state index is -4.49. The Morgan fingerprint density at radius 3 is 2.90 bits per heavy atom. The van der Waals surface area contributed by atoms with Crippen molar-refractivity contribution < 1.29 is 22.7 Å². The summed E-state index contributed by atoms with van der Waals surface area (Å²) in [5, 5.41) is 3.10. The first kappa shape index (κ1) is 22.7. The zero-order valence-corrected chi connectivity index (χ0v) is 17.9. The number of rotatable bonds is 7. The lowest BCUT2D eigenvalue weighted by Gasteiger charge is -2.13. The number of nitrogens with zero attached hydrogens (tertiary/aromatic N) is 2. The smallest absolute Gasteiger partial charge is 0.383 e. The molecule has 1 aliphatic heterocycles. The monoisotopic (exact) mass is 459 g/mol. The van der Waals surface area contributed by atoms with E-state index in [2.05, 4.69) is 10.3 Å². The molecule has 30 heavy (non-hydrogen) atoms. The molecule has 0 radical (unpaired) electrons. The lowest BCUT2D eigenvalue weighted by molar-refractivity contribution is -0.137. The van der Waals surface area contributed by atoms with Crippen LogP contribution in [0.3, 0.4) is 0 Å². The van der Waals surface area contributed by atoms with Gasteiger partial charge in [0, 0.05) is 24.5 Å². The maximum atomic E-state index is 12.8. The van der Waals surface area contributed by atoms with Crippen molar-refractivity contribution in [1.29, 1.82) is 0 Å². The van der Waals surface area contributed by atoms with Crippen LogP contribution < -0.4 is 10.9 Å². The summed E-state index contributed by atoms with van der Waals surface area (Å²) in [7, 11) is 1.53. The van der Waals surface area contributed by atoms with Gasteiger partial charge in [0.05, 0.1) is 35.1 Å². The number of anilines is 1. The summed E-state index contributed by atoms with van der Waals surface area (Å²) in [6.45, 7) is 2.62. The molecule has 0 saturated carbocycles. The highest BCUT2D eigenvalue weighted by molar-refractivity contribution is 8.00. The molecule has 3 rings (SSSR count). The van der Waals surface area contributed by atoms with Crippen molar-refractivity contribution in [2.45, 2.75) is 41.4 Å². The van der Waals surface area contributed by atoms with Crippen molar-refractivity contribution in [3.05, 3.63) is 45.9 Å². The largest absolute Gasteiger partial charge is 0.416 e. The second kappa shape index (κ2) is 9.44. The predicted octanol–water partition coefficient (Wildman–Crippen LogP) is 3.68. The molecule has 0 spiro atoms. The molecule has 1 amide bonds. The lowest BCUT2D eigenvalue weighted by Crippen LogP contribution is -2.27. The van der Waals surface area contributed by atoms with Gasteiger partial charge in [-0.1, -0.05) is 24.8 Å². The number of carbonyl (C=O) groups is 1. The topological polar surface area (TPSA) is 73.2 Å². The standard InChI is InChI=1S/C19H20F3N3O3S2/c1-11-8-14-16(30-11)17(27)25(6-7-28-2)18(24-14)29-10-15(26)23-13-5-3-4-12(9-13)19(20,21)22/h3-5,9,11H,6-8,10H2,1-2H3,(H,23,26). The molecular formula is C19H20F3N3O3S2. The first-order valence-electron chi connectivity index (χ1n) is 9.08. The Bertz CT molecular complexity index is 995. The summed E-state index contributed by atoms with van der Waals surface area (Å²) in [4.78, 5) is 30.3. The maximum absolute atomic E-state index is 12.8. The Labute approximate surface area is 179 Å². The number of carbonyl (C=O) groups excluding carboxylic acids is 1. The summed E-state index contributed by atoms with van der Waals surface area (Å²) in [5.74, 6) is -0.591. The number of hydrogen-bond donors (Lipinski definition) is 1. The highest BCUT2D eigenvalue weighted by Gasteiger charge is 2.30. The van der Waals surface area contributed by atoms with Crippen molar-refractivity contribution in [1.82, 2.24) is 9.55 Å². The molecular weight excluding hydrogens is 439 g/mol. The van der Waals surface area contributed by atoms with Crippen LogP contribution in [-0.2, 0) is 28.7 Å². The van der Waals surface area contributed by atoms with E-state index in [0.29, 0.717) is 35.3 Å². The molecule has 2 heterocycles. The summed E-state index contributed by atoms with van der Waals surface area (Å²) >= 11 is 2.56. The van der Waals surface area contributed by atoms with Gasteiger partial charge in [-0.3, -0.25) is 14.2 Å². The first-order valence-corrected chi connectivity index (χ1v) is 10.9. The SMILES string of the molecule is COCCn1c(SCC(=O)Nc2cccc(C(F)(F)F)c2)nc2c(c1=O)SC(C)C2. The molecule has 0 bridgehead atoms. The van der Waals surface area contributed by atoms with Gasteiger partial charge < -0.3 is 10.1 Å². The van der Waals surface area contributed by atoms with Crippen LogP contribution in [0.1, 0.15) is 18.2 Å². The van der Waals surface area contributed by atoms with E-state index in [9.17, 15) is 22.8 Å². The molecule has 1 aromatic carbocycles. The van der Waals surface area contributed by atoms with E-state index >= 15 is 0 Å². The number of hydrogen-bond acceptors (Lipinski definition) is 6. The van der Waals surface area contributed by atoms with Gasteiger partial charge in [-0.05, 0) is 18.2 Å². The number of benzene rings is 1. The number of methoxy groups -OCH3 is 1. The zero-order chi connectivity index (χ0) is 21.9. The van der Waals surface area contributed by atoms with Crippen molar-refractivity contribution >= 4 is 35.1 Å². The summed E-state index contributed by atoms with van der Waals surface area (Å²) in [6, 6.07) is 4.43. The molecule has 0 fully saturated rings. The van der Waals surface area contributed by atoms with Gasteiger partial charge in [-0.25, -0.2) is 4.98 Å². The normalized spacial score (nSPS) is 15.8. The number of halogens is 3. The lowest BCUT2D eigenvalue weighted by atomic mass is 10.2. The van der Waals surface area contributed by atoms with Gasteiger partial charge in [0.1, 0.15) is 0 Å². The van der Waals surface area contributed by atoms with Gasteiger partial charge in [-0.15, -0.1) is 11.8 Å². The van der Waals surface area contributed by atoms with Crippen molar-refractivity contribution in [3.8, 4) is 0 Å². The van der Waals surface area contributed by atoms with Gasteiger partial charge >= 0.3 is 6.18 Å². The summed E-state index contributed by atoms with van der Waals surface area (Å²) in [6.07, 6.45) is -3.82. The zero-order valence-electron chi connectivity index (χ0n) is 16.3. The van der Waals surface area contributed by atoms with Crippen LogP contribution in [-0.4, -0.2) is 40.2 Å². The second-order valence-electron chi connectivity index (χ2n) is 6.67. The third-order valence-corrected chi connectivity index (χ3v) is 6.48. The molecule has 1 atom stereocenters. The maximum Gasteiger partial charge on any atom is 0.416 e. The van der Waals surface area contributed by atoms with Crippen LogP contribution in [0.5, 0.6) is 0 Å². The fraction of sp³-hybridized carbons (Fsp3) is 0.421. The fourth-order valence-electron chi connectivity index (χ4n) is 2.92. The third kappa shape index (κ3) is 5.38. The predicted molar refractivity (Wildman–Crippen MR) is 110 cm³/mol. The van der Waals surface area contributed by atoms with Crippen LogP contribution in [0, 0.1) is 0 Å². The Kier molecular flexibility index (Phi) is 7.14. The second-order valence-corrected chi connectivity index (χ2v) is 9.06. The molecule has 1 N–H and O–H groups in total. The summed E-state index contributed by atoms with van der Waals surface area (Å²) < 4.78 is 45.0. The number of aromatic nitrogens is 2. The van der Waals surface area contributed by atoms with Gasteiger partial charge in [-0.2, -0.15) is 13.2 Å². The van der Waals surface area contributed by atoms with Crippen LogP contribution in [0.4, 0.5) is 18.9 Å². The van der Waals surface area contributed by atoms with Crippen LogP contribution in [0.15, 0.2) is 39.1 Å². The van der Waals surface area contributed by atoms with Crippen LogP contribution >= 0.6 is 23.5 Å². The quantitative estimate of drug-likeness (QED) is 0.503. The van der Waals surface area contributed by atoms with Gasteiger partial charge in [0.15, 0.2) is 5.16 Å². The molecule has 11 heteroatoms. The van der Waals surface area contributed by atoms with E-state index in [1.807, 2.05) is 6.92 Å². The summed E-state index contributed by atoms with van der Waals surface area (Å²) in [5.41, 5.74) is -0.230. The van der Waals surface area contributed by atoms with Crippen LogP contribution in [0.2, 0.25) is 0 Å². The Hall–Kier alpha value is -1.98. The average molecular weight is 460 g/mol. The van der Waals surface area contributed by atoms with E-state index in [4.69, 9.17) is 4.74 Å². The Balaban J connectivity index is 1.74. The number of amides is 1. The molecule has 0 aliphatic carbocycles. The minimum absolute atomic E-state index is 0.0549. The van der Waals surface area contributed by atoms with E-state index < -0.39 is 17.6 Å². The highest BCUT2D eigenvalue weighted by atomic mass is 32.2. The van der Waals surface area contributed by atoms with E-state index in [0.717, 1.165) is 23.9 Å². The first-order chi connectivity index (χ1) is 14.2. The number of ether oxygens (including phenoxy) is 1. The third-order valence-electron chi connectivity index (χ3n) is 4.29. The van der Waals surface area contributed by atoms with Crippen molar-refractivity contribution in [3.63, 3.8) is 0 Å². The van der Waals surface area contributed by atoms with E-state index in [-0.39, 0.29) is 22.2 Å². The molecule has 2 aromatic rings. The number of alkyl halides is 3. The Morgan fingerprint density at radius 1 is 1.43 bits per heavy atom. The highest BCUT2D eigenvalue weighted by Crippen LogP contribution is 2.34. The number of fused-ring (bicyclic) bond motifs is 1. The number of thioether (sulfide) groups is 2. The number of nitrogens with one attached hydrogen (secondary N) is 1. The molecule has 1 unspecified atom stereocenters. The fourth-order valence-corrected chi connectivity index (χ4v) is 4.88. The minimum Gasteiger partial charge on any atom is -0.383 e. The average Bonchev–Trinajstić information content (AvgIpc) is 3.06. The molecule has 1 aromatic heterocycles. The molecule has 162 valence electrons. The molecule has 6 nitrogen and oxygen atoms in total. The van der Waals surface area contributed by atoms with Gasteiger partial charge in [0.25, 0.3) is 5.56 Å². The van der Waals surface area contributed by atoms with E-state index in [1.165, 1.54) is 35.6 Å². The Morgan fingerprint density at radius 2 is 2.20 bits per heavy atom. The molecule has 0 saturated heterocycles. The van der Waals surface area contributed by atoms with Crippen molar-refractivity contribution in [2.75, 3.05) is 24.8 Å².